The number of nitrogens with zero attached hydrogens (tertiary/aromatic N) is 3. The van der Waals surface area contributed by atoms with Crippen LogP contribution in [0.2, 0.25) is 0 Å². The molecule has 0 aliphatic carbocycles. The predicted molar refractivity (Wildman–Crippen MR) is 103 cm³/mol. The highest BCUT2D eigenvalue weighted by molar-refractivity contribution is 5.82. The van der Waals surface area contributed by atoms with Gasteiger partial charge in [0, 0.05) is 31.9 Å². The molecule has 2 atom stereocenters. The molecule has 0 aromatic heterocycles. The normalized spacial score (nSPS) is 18.7. The monoisotopic (exact) mass is 358 g/mol. The molecule has 2 rings (SSSR count). The second-order valence-electron chi connectivity index (χ2n) is 7.36. The van der Waals surface area contributed by atoms with E-state index in [1.165, 1.54) is 5.69 Å². The van der Waals surface area contributed by atoms with Crippen LogP contribution in [0.5, 0.6) is 5.75 Å². The summed E-state index contributed by atoms with van der Waals surface area (Å²) in [5.74, 6) is 0.819. The number of ether oxygens (including phenoxy) is 1. The molecule has 26 heavy (non-hydrogen) atoms. The van der Waals surface area contributed by atoms with Crippen molar-refractivity contribution in [1.29, 1.82) is 5.26 Å². The van der Waals surface area contributed by atoms with Crippen LogP contribution in [0.1, 0.15) is 27.7 Å². The predicted octanol–water partition coefficient (Wildman–Crippen LogP) is 2.26. The highest BCUT2D eigenvalue weighted by Gasteiger charge is 2.33. The zero-order valence-corrected chi connectivity index (χ0v) is 16.5. The number of amides is 1. The molecule has 142 valence electrons. The minimum atomic E-state index is -0.837. The van der Waals surface area contributed by atoms with Gasteiger partial charge < -0.3 is 15.0 Å². The number of methoxy groups -OCH3 is 1. The molecule has 0 saturated carbocycles. The number of benzene rings is 1. The van der Waals surface area contributed by atoms with Crippen molar-refractivity contribution in [3.63, 3.8) is 0 Å². The van der Waals surface area contributed by atoms with Gasteiger partial charge in [0.2, 0.25) is 5.91 Å². The van der Waals surface area contributed by atoms with E-state index in [2.05, 4.69) is 33.3 Å². The quantitative estimate of drug-likeness (QED) is 0.845. The van der Waals surface area contributed by atoms with Gasteiger partial charge in [0.15, 0.2) is 0 Å². The third-order valence-corrected chi connectivity index (χ3v) is 5.45. The van der Waals surface area contributed by atoms with E-state index in [0.29, 0.717) is 0 Å². The lowest BCUT2D eigenvalue weighted by molar-refractivity contribution is -0.127. The maximum absolute atomic E-state index is 12.6. The third kappa shape index (κ3) is 4.47. The van der Waals surface area contributed by atoms with Gasteiger partial charge in [0.05, 0.1) is 19.2 Å². The van der Waals surface area contributed by atoms with Gasteiger partial charge in [-0.1, -0.05) is 13.8 Å². The number of piperazine rings is 1. The minimum absolute atomic E-state index is 0.0515. The first-order valence-corrected chi connectivity index (χ1v) is 9.17. The van der Waals surface area contributed by atoms with E-state index in [1.54, 1.807) is 14.0 Å². The summed E-state index contributed by atoms with van der Waals surface area (Å²) in [7, 11) is 1.66. The Morgan fingerprint density at radius 3 is 2.23 bits per heavy atom. The van der Waals surface area contributed by atoms with Crippen LogP contribution in [-0.4, -0.2) is 55.7 Å². The molecule has 6 heteroatoms. The lowest BCUT2D eigenvalue weighted by Crippen LogP contribution is -2.58. The number of hydrogen-bond donors (Lipinski definition) is 1. The number of anilines is 1. The Labute approximate surface area is 156 Å². The van der Waals surface area contributed by atoms with Crippen molar-refractivity contribution >= 4 is 11.6 Å². The topological polar surface area (TPSA) is 68.6 Å². The lowest BCUT2D eigenvalue weighted by Gasteiger charge is -2.39. The van der Waals surface area contributed by atoms with Crippen molar-refractivity contribution in [2.75, 3.05) is 38.2 Å². The Morgan fingerprint density at radius 2 is 1.77 bits per heavy atom. The zero-order valence-electron chi connectivity index (χ0n) is 16.5. The van der Waals surface area contributed by atoms with Gasteiger partial charge >= 0.3 is 0 Å². The summed E-state index contributed by atoms with van der Waals surface area (Å²) < 4.78 is 5.20. The number of carbonyl (C=O) groups excluding carboxylic acids is 1. The van der Waals surface area contributed by atoms with Crippen molar-refractivity contribution in [3.05, 3.63) is 24.3 Å². The maximum atomic E-state index is 12.6. The fourth-order valence-corrected chi connectivity index (χ4v) is 2.99. The van der Waals surface area contributed by atoms with Crippen LogP contribution in [0.3, 0.4) is 0 Å². The Bertz CT molecular complexity index is 645. The summed E-state index contributed by atoms with van der Waals surface area (Å²) in [5.41, 5.74) is 0.329. The van der Waals surface area contributed by atoms with Crippen LogP contribution in [0.4, 0.5) is 5.69 Å². The fraction of sp³-hybridized carbons (Fsp3) is 0.600. The van der Waals surface area contributed by atoms with Crippen LogP contribution in [0.25, 0.3) is 0 Å². The van der Waals surface area contributed by atoms with Gasteiger partial charge in [-0.25, -0.2) is 0 Å². The molecule has 1 saturated heterocycles. The van der Waals surface area contributed by atoms with E-state index < -0.39 is 5.54 Å². The summed E-state index contributed by atoms with van der Waals surface area (Å²) in [6.07, 6.45) is 0. The average Bonchev–Trinajstić information content (AvgIpc) is 2.67. The SMILES string of the molecule is COc1ccc(N2CCN(C(C)C(=O)NC(C)(C#N)C(C)C)CC2)cc1. The van der Waals surface area contributed by atoms with E-state index in [1.807, 2.05) is 32.9 Å². The third-order valence-electron chi connectivity index (χ3n) is 5.45. The van der Waals surface area contributed by atoms with E-state index >= 15 is 0 Å². The number of rotatable bonds is 6. The Kier molecular flexibility index (Phi) is 6.49. The Morgan fingerprint density at radius 1 is 1.19 bits per heavy atom. The first-order valence-electron chi connectivity index (χ1n) is 9.17. The van der Waals surface area contributed by atoms with Gasteiger partial charge in [0.25, 0.3) is 0 Å². The molecule has 1 fully saturated rings. The Hall–Kier alpha value is -2.26. The first-order chi connectivity index (χ1) is 12.3. The molecule has 1 N–H and O–H groups in total. The van der Waals surface area contributed by atoms with Crippen molar-refractivity contribution in [1.82, 2.24) is 10.2 Å². The smallest absolute Gasteiger partial charge is 0.238 e. The first kappa shape index (κ1) is 20.1. The lowest BCUT2D eigenvalue weighted by atomic mass is 9.89. The van der Waals surface area contributed by atoms with E-state index in [0.717, 1.165) is 31.9 Å². The van der Waals surface area contributed by atoms with E-state index in [9.17, 15) is 10.1 Å². The molecule has 0 radical (unpaired) electrons. The highest BCUT2D eigenvalue weighted by atomic mass is 16.5. The van der Waals surface area contributed by atoms with Crippen LogP contribution >= 0.6 is 0 Å². The van der Waals surface area contributed by atoms with Gasteiger partial charge in [-0.3, -0.25) is 9.69 Å². The van der Waals surface area contributed by atoms with Gasteiger partial charge in [-0.2, -0.15) is 5.26 Å². The summed E-state index contributed by atoms with van der Waals surface area (Å²) in [6.45, 7) is 10.9. The molecular weight excluding hydrogens is 328 g/mol. The molecule has 6 nitrogen and oxygen atoms in total. The minimum Gasteiger partial charge on any atom is -0.497 e. The maximum Gasteiger partial charge on any atom is 0.238 e. The summed E-state index contributed by atoms with van der Waals surface area (Å²) in [6, 6.07) is 10.0. The number of nitriles is 1. The molecule has 0 bridgehead atoms. The fourth-order valence-electron chi connectivity index (χ4n) is 2.99. The van der Waals surface area contributed by atoms with Crippen molar-refractivity contribution in [2.24, 2.45) is 5.92 Å². The zero-order chi connectivity index (χ0) is 19.3. The van der Waals surface area contributed by atoms with E-state index in [-0.39, 0.29) is 17.9 Å². The Balaban J connectivity index is 1.92. The molecule has 1 aromatic carbocycles. The molecule has 1 amide bonds. The van der Waals surface area contributed by atoms with Crippen LogP contribution < -0.4 is 15.0 Å². The molecular formula is C20H30N4O2. The van der Waals surface area contributed by atoms with Gasteiger partial charge in [0.1, 0.15) is 11.3 Å². The molecule has 1 aliphatic heterocycles. The molecule has 1 heterocycles. The molecule has 0 spiro atoms. The van der Waals surface area contributed by atoms with E-state index in [4.69, 9.17) is 4.74 Å². The second kappa shape index (κ2) is 8.41. The molecule has 2 unspecified atom stereocenters. The van der Waals surface area contributed by atoms with Gasteiger partial charge in [-0.15, -0.1) is 0 Å². The molecule has 1 aromatic rings. The van der Waals surface area contributed by atoms with Crippen molar-refractivity contribution < 1.29 is 9.53 Å². The highest BCUT2D eigenvalue weighted by Crippen LogP contribution is 2.21. The van der Waals surface area contributed by atoms with Crippen LogP contribution in [0.15, 0.2) is 24.3 Å². The standard InChI is InChI=1S/C20H30N4O2/c1-15(2)20(4,14-21)22-19(25)16(3)23-10-12-24(13-11-23)17-6-8-18(26-5)9-7-17/h6-9,15-16H,10-13H2,1-5H3,(H,22,25). The summed E-state index contributed by atoms with van der Waals surface area (Å²) >= 11 is 0. The summed E-state index contributed by atoms with van der Waals surface area (Å²) in [4.78, 5) is 17.1. The number of hydrogen-bond acceptors (Lipinski definition) is 5. The average molecular weight is 358 g/mol. The van der Waals surface area contributed by atoms with Crippen LogP contribution in [-0.2, 0) is 4.79 Å². The summed E-state index contributed by atoms with van der Waals surface area (Å²) in [5, 5.41) is 12.3. The number of carbonyl (C=O) groups is 1. The van der Waals surface area contributed by atoms with Crippen LogP contribution in [0, 0.1) is 17.2 Å². The number of nitrogens with one attached hydrogen (secondary N) is 1. The molecule has 1 aliphatic rings. The largest absolute Gasteiger partial charge is 0.497 e. The van der Waals surface area contributed by atoms with Crippen molar-refractivity contribution in [3.8, 4) is 11.8 Å². The van der Waals surface area contributed by atoms with Crippen molar-refractivity contribution in [2.45, 2.75) is 39.3 Å². The van der Waals surface area contributed by atoms with Gasteiger partial charge in [-0.05, 0) is 44.0 Å². The second-order valence-corrected chi connectivity index (χ2v) is 7.36.